The van der Waals surface area contributed by atoms with Crippen LogP contribution in [0.3, 0.4) is 0 Å². The highest BCUT2D eigenvalue weighted by molar-refractivity contribution is 5.90. The van der Waals surface area contributed by atoms with E-state index in [0.717, 1.165) is 18.4 Å². The van der Waals surface area contributed by atoms with Crippen LogP contribution in [0, 0.1) is 11.8 Å². The van der Waals surface area contributed by atoms with Crippen LogP contribution in [0.2, 0.25) is 0 Å². The highest BCUT2D eigenvalue weighted by Gasteiger charge is 2.31. The Morgan fingerprint density at radius 2 is 1.93 bits per heavy atom. The molecule has 1 aliphatic rings. The summed E-state index contributed by atoms with van der Waals surface area (Å²) in [5.74, 6) is -1.35. The van der Waals surface area contributed by atoms with Gasteiger partial charge in [-0.05, 0) is 37.2 Å². The van der Waals surface area contributed by atoms with Gasteiger partial charge in [0, 0.05) is 25.4 Å². The molecule has 2 rings (SSSR count). The molecule has 7 heteroatoms. The van der Waals surface area contributed by atoms with Crippen molar-refractivity contribution in [3.63, 3.8) is 0 Å². The van der Waals surface area contributed by atoms with Crippen molar-refractivity contribution in [1.29, 1.82) is 0 Å². The molecule has 1 aliphatic heterocycles. The minimum Gasteiger partial charge on any atom is -0.344 e. The molecular weight excluding hydrogens is 358 g/mol. The van der Waals surface area contributed by atoms with Gasteiger partial charge in [0.25, 0.3) is 0 Å². The fraction of sp³-hybridized carbons (Fsp3) is 0.571. The first-order valence-corrected chi connectivity index (χ1v) is 9.96. The first-order valence-electron chi connectivity index (χ1n) is 9.96. The second-order valence-corrected chi connectivity index (χ2v) is 7.87. The summed E-state index contributed by atoms with van der Waals surface area (Å²) in [6.45, 7) is 5.13. The van der Waals surface area contributed by atoms with Gasteiger partial charge < -0.3 is 10.2 Å². The van der Waals surface area contributed by atoms with Crippen LogP contribution < -0.4 is 10.8 Å². The van der Waals surface area contributed by atoms with Crippen molar-refractivity contribution in [2.45, 2.75) is 58.5 Å². The number of carbonyl (C=O) groups is 3. The maximum Gasteiger partial charge on any atom is 0.245 e. The summed E-state index contributed by atoms with van der Waals surface area (Å²) in [6, 6.07) is 9.22. The first kappa shape index (κ1) is 21.9. The largest absolute Gasteiger partial charge is 0.344 e. The monoisotopic (exact) mass is 389 g/mol. The van der Waals surface area contributed by atoms with Crippen LogP contribution in [0.5, 0.6) is 0 Å². The van der Waals surface area contributed by atoms with Crippen LogP contribution in [0.15, 0.2) is 30.3 Å². The predicted molar refractivity (Wildman–Crippen MR) is 105 cm³/mol. The van der Waals surface area contributed by atoms with Crippen molar-refractivity contribution in [3.05, 3.63) is 35.9 Å². The van der Waals surface area contributed by atoms with E-state index in [-0.39, 0.29) is 24.2 Å². The molecule has 28 heavy (non-hydrogen) atoms. The third-order valence-corrected chi connectivity index (χ3v) is 5.00. The second kappa shape index (κ2) is 10.8. The Bertz CT molecular complexity index is 663. The molecule has 3 N–H and O–H groups in total. The Morgan fingerprint density at radius 3 is 2.57 bits per heavy atom. The van der Waals surface area contributed by atoms with Crippen molar-refractivity contribution < 1.29 is 19.6 Å². The minimum absolute atomic E-state index is 0.0791. The van der Waals surface area contributed by atoms with Gasteiger partial charge in [-0.15, -0.1) is 0 Å². The summed E-state index contributed by atoms with van der Waals surface area (Å²) in [5.41, 5.74) is 2.64. The number of benzene rings is 1. The molecule has 0 bridgehead atoms. The average molecular weight is 389 g/mol. The van der Waals surface area contributed by atoms with E-state index in [1.54, 1.807) is 10.4 Å². The molecule has 1 saturated heterocycles. The summed E-state index contributed by atoms with van der Waals surface area (Å²) in [7, 11) is 0. The lowest BCUT2D eigenvalue weighted by molar-refractivity contribution is -0.139. The predicted octanol–water partition coefficient (Wildman–Crippen LogP) is 2.24. The van der Waals surface area contributed by atoms with Crippen LogP contribution in [-0.4, -0.2) is 40.4 Å². The van der Waals surface area contributed by atoms with Gasteiger partial charge in [-0.2, -0.15) is 0 Å². The van der Waals surface area contributed by atoms with Gasteiger partial charge in [-0.3, -0.25) is 19.6 Å². The lowest BCUT2D eigenvalue weighted by atomic mass is 9.92. The Morgan fingerprint density at radius 1 is 1.21 bits per heavy atom. The maximum absolute atomic E-state index is 13.0. The van der Waals surface area contributed by atoms with Crippen molar-refractivity contribution in [3.8, 4) is 0 Å². The molecule has 7 nitrogen and oxygen atoms in total. The number of hydrogen-bond acceptors (Lipinski definition) is 4. The smallest absolute Gasteiger partial charge is 0.245 e. The van der Waals surface area contributed by atoms with Crippen molar-refractivity contribution in [2.75, 3.05) is 6.54 Å². The average Bonchev–Trinajstić information content (AvgIpc) is 2.84. The Balaban J connectivity index is 2.05. The molecule has 2 atom stereocenters. The van der Waals surface area contributed by atoms with Crippen molar-refractivity contribution >= 4 is 17.7 Å². The maximum atomic E-state index is 13.0. The molecule has 1 fully saturated rings. The molecule has 0 aliphatic carbocycles. The molecule has 1 aromatic carbocycles. The van der Waals surface area contributed by atoms with E-state index < -0.39 is 17.9 Å². The molecule has 0 spiro atoms. The molecule has 1 unspecified atom stereocenters. The summed E-state index contributed by atoms with van der Waals surface area (Å²) >= 11 is 0. The number of likely N-dealkylation sites (tertiary alicyclic amines) is 1. The topological polar surface area (TPSA) is 98.7 Å². The van der Waals surface area contributed by atoms with E-state index in [9.17, 15) is 14.4 Å². The van der Waals surface area contributed by atoms with Crippen molar-refractivity contribution in [2.24, 2.45) is 11.8 Å². The SMILES string of the molecule is CC(C)C[C@H](CC(=O)NO)C(=O)NC1CCCCN(Cc2ccccc2)C1=O. The zero-order valence-corrected chi connectivity index (χ0v) is 16.7. The number of nitrogens with one attached hydrogen (secondary N) is 2. The normalized spacial score (nSPS) is 18.5. The third-order valence-electron chi connectivity index (χ3n) is 5.00. The van der Waals surface area contributed by atoms with E-state index in [1.807, 2.05) is 44.2 Å². The number of hydroxylamine groups is 1. The first-order chi connectivity index (χ1) is 13.4. The minimum atomic E-state index is -0.598. The van der Waals surface area contributed by atoms with E-state index >= 15 is 0 Å². The van der Waals surface area contributed by atoms with Crippen LogP contribution >= 0.6 is 0 Å². The molecule has 1 aromatic rings. The molecule has 0 saturated carbocycles. The van der Waals surface area contributed by atoms with Crippen LogP contribution in [0.25, 0.3) is 0 Å². The molecule has 3 amide bonds. The van der Waals surface area contributed by atoms with Crippen LogP contribution in [-0.2, 0) is 20.9 Å². The molecular formula is C21H31N3O4. The van der Waals surface area contributed by atoms with Gasteiger partial charge in [0.05, 0.1) is 0 Å². The Hall–Kier alpha value is -2.41. The number of amides is 3. The number of hydrogen-bond donors (Lipinski definition) is 3. The number of nitrogens with zero attached hydrogens (tertiary/aromatic N) is 1. The Kier molecular flexibility index (Phi) is 8.44. The van der Waals surface area contributed by atoms with Gasteiger partial charge in [0.2, 0.25) is 17.7 Å². The summed E-state index contributed by atoms with van der Waals surface area (Å²) in [6.07, 6.45) is 2.75. The third kappa shape index (κ3) is 6.64. The number of carbonyl (C=O) groups excluding carboxylic acids is 3. The molecule has 154 valence electrons. The molecule has 0 radical (unpaired) electrons. The summed E-state index contributed by atoms with van der Waals surface area (Å²) < 4.78 is 0. The fourth-order valence-electron chi connectivity index (χ4n) is 3.61. The zero-order valence-electron chi connectivity index (χ0n) is 16.7. The summed E-state index contributed by atoms with van der Waals surface area (Å²) in [5, 5.41) is 11.7. The molecule has 0 aromatic heterocycles. The van der Waals surface area contributed by atoms with E-state index in [4.69, 9.17) is 5.21 Å². The summed E-state index contributed by atoms with van der Waals surface area (Å²) in [4.78, 5) is 39.1. The van der Waals surface area contributed by atoms with E-state index in [2.05, 4.69) is 5.32 Å². The van der Waals surface area contributed by atoms with Crippen LogP contribution in [0.1, 0.15) is 51.5 Å². The van der Waals surface area contributed by atoms with Crippen LogP contribution in [0.4, 0.5) is 0 Å². The van der Waals surface area contributed by atoms with E-state index in [0.29, 0.717) is 25.9 Å². The lowest BCUT2D eigenvalue weighted by Gasteiger charge is -2.26. The van der Waals surface area contributed by atoms with E-state index in [1.165, 1.54) is 0 Å². The van der Waals surface area contributed by atoms with Crippen molar-refractivity contribution in [1.82, 2.24) is 15.7 Å². The van der Waals surface area contributed by atoms with Gasteiger partial charge in [0.1, 0.15) is 6.04 Å². The highest BCUT2D eigenvalue weighted by Crippen LogP contribution is 2.19. The fourth-order valence-corrected chi connectivity index (χ4v) is 3.61. The van der Waals surface area contributed by atoms with Gasteiger partial charge >= 0.3 is 0 Å². The lowest BCUT2D eigenvalue weighted by Crippen LogP contribution is -2.49. The quantitative estimate of drug-likeness (QED) is 0.469. The second-order valence-electron chi connectivity index (χ2n) is 7.87. The van der Waals surface area contributed by atoms with Gasteiger partial charge in [-0.1, -0.05) is 44.2 Å². The Labute approximate surface area is 166 Å². The molecule has 1 heterocycles. The zero-order chi connectivity index (χ0) is 20.5. The number of rotatable bonds is 8. The highest BCUT2D eigenvalue weighted by atomic mass is 16.5. The van der Waals surface area contributed by atoms with Gasteiger partial charge in [-0.25, -0.2) is 5.48 Å². The van der Waals surface area contributed by atoms with Gasteiger partial charge in [0.15, 0.2) is 0 Å². The standard InChI is InChI=1S/C21H31N3O4/c1-15(2)12-17(13-19(25)23-28)20(26)22-18-10-6-7-11-24(21(18)27)14-16-8-4-3-5-9-16/h3-5,8-9,15,17-18,28H,6-7,10-14H2,1-2H3,(H,22,26)(H,23,25)/t17-,18?/m1/s1.